The summed E-state index contributed by atoms with van der Waals surface area (Å²) in [4.78, 5) is 21.8. The molecule has 0 saturated carbocycles. The number of aryl methyl sites for hydroxylation is 2. The molecular formula is C11H11N3O2. The zero-order valence-electron chi connectivity index (χ0n) is 8.98. The van der Waals surface area contributed by atoms with Crippen molar-refractivity contribution in [2.75, 3.05) is 0 Å². The van der Waals surface area contributed by atoms with E-state index in [1.54, 1.807) is 19.1 Å². The van der Waals surface area contributed by atoms with E-state index in [4.69, 9.17) is 5.11 Å². The number of aromatic nitrogens is 3. The Hall–Kier alpha value is -2.17. The summed E-state index contributed by atoms with van der Waals surface area (Å²) in [6.45, 7) is 3.61. The van der Waals surface area contributed by atoms with E-state index in [-0.39, 0.29) is 5.69 Å². The van der Waals surface area contributed by atoms with Gasteiger partial charge in [-0.3, -0.25) is 0 Å². The van der Waals surface area contributed by atoms with E-state index < -0.39 is 5.97 Å². The van der Waals surface area contributed by atoms with Gasteiger partial charge in [0.25, 0.3) is 0 Å². The minimum absolute atomic E-state index is 0.200. The third-order valence-corrected chi connectivity index (χ3v) is 2.31. The van der Waals surface area contributed by atoms with Gasteiger partial charge in [-0.25, -0.2) is 14.8 Å². The standard InChI is InChI=1S/C11H11N3O2/c1-6-3-9(14-10(6)11(15)16)8-4-7(2)12-5-13-8/h3-5,14H,1-2H3,(H,15,16). The van der Waals surface area contributed by atoms with Gasteiger partial charge in [-0.1, -0.05) is 0 Å². The van der Waals surface area contributed by atoms with E-state index in [1.165, 1.54) is 6.33 Å². The number of hydrogen-bond acceptors (Lipinski definition) is 3. The van der Waals surface area contributed by atoms with Crippen LogP contribution in [-0.2, 0) is 0 Å². The SMILES string of the molecule is Cc1cc(-c2cc(C)c(C(=O)O)[nH]2)ncn1. The minimum atomic E-state index is -0.963. The molecule has 0 aliphatic rings. The highest BCUT2D eigenvalue weighted by Crippen LogP contribution is 2.19. The van der Waals surface area contributed by atoms with Gasteiger partial charge in [-0.15, -0.1) is 0 Å². The third kappa shape index (κ3) is 1.79. The topological polar surface area (TPSA) is 78.9 Å². The molecule has 0 atom stereocenters. The van der Waals surface area contributed by atoms with Crippen LogP contribution in [0.2, 0.25) is 0 Å². The fourth-order valence-electron chi connectivity index (χ4n) is 1.52. The summed E-state index contributed by atoms with van der Waals surface area (Å²) in [7, 11) is 0. The summed E-state index contributed by atoms with van der Waals surface area (Å²) >= 11 is 0. The molecule has 2 heterocycles. The zero-order chi connectivity index (χ0) is 11.7. The van der Waals surface area contributed by atoms with Gasteiger partial charge in [-0.05, 0) is 31.5 Å². The third-order valence-electron chi connectivity index (χ3n) is 2.31. The number of nitrogens with zero attached hydrogens (tertiary/aromatic N) is 2. The van der Waals surface area contributed by atoms with Crippen molar-refractivity contribution in [3.63, 3.8) is 0 Å². The first-order chi connectivity index (χ1) is 7.58. The van der Waals surface area contributed by atoms with E-state index in [1.807, 2.05) is 6.92 Å². The van der Waals surface area contributed by atoms with Gasteiger partial charge in [0, 0.05) is 5.69 Å². The number of carboxylic acid groups (broad SMARTS) is 1. The first-order valence-electron chi connectivity index (χ1n) is 4.80. The number of aromatic amines is 1. The van der Waals surface area contributed by atoms with Crippen LogP contribution in [-0.4, -0.2) is 26.0 Å². The van der Waals surface area contributed by atoms with Crippen LogP contribution in [0, 0.1) is 13.8 Å². The quantitative estimate of drug-likeness (QED) is 0.803. The Balaban J connectivity index is 2.49. The van der Waals surface area contributed by atoms with Crippen LogP contribution in [0.15, 0.2) is 18.5 Å². The molecular weight excluding hydrogens is 206 g/mol. The van der Waals surface area contributed by atoms with Gasteiger partial charge in [0.05, 0.1) is 11.4 Å². The molecule has 2 aromatic heterocycles. The van der Waals surface area contributed by atoms with Crippen molar-refractivity contribution >= 4 is 5.97 Å². The van der Waals surface area contributed by atoms with E-state index >= 15 is 0 Å². The lowest BCUT2D eigenvalue weighted by atomic mass is 10.2. The molecule has 0 amide bonds. The fraction of sp³-hybridized carbons (Fsp3) is 0.182. The highest BCUT2D eigenvalue weighted by molar-refractivity contribution is 5.88. The number of nitrogens with one attached hydrogen (secondary N) is 1. The maximum atomic E-state index is 10.9. The molecule has 0 radical (unpaired) electrons. The molecule has 0 saturated heterocycles. The average Bonchev–Trinajstić information content (AvgIpc) is 2.60. The predicted molar refractivity (Wildman–Crippen MR) is 58.3 cm³/mol. The molecule has 82 valence electrons. The second-order valence-corrected chi connectivity index (χ2v) is 3.59. The number of H-pyrrole nitrogens is 1. The summed E-state index contributed by atoms with van der Waals surface area (Å²) in [5, 5.41) is 8.92. The van der Waals surface area contributed by atoms with Gasteiger partial charge in [0.15, 0.2) is 0 Å². The van der Waals surface area contributed by atoms with Crippen LogP contribution < -0.4 is 0 Å². The van der Waals surface area contributed by atoms with Crippen LogP contribution >= 0.6 is 0 Å². The number of carboxylic acids is 1. The summed E-state index contributed by atoms with van der Waals surface area (Å²) in [5.41, 5.74) is 3.13. The molecule has 16 heavy (non-hydrogen) atoms. The molecule has 0 bridgehead atoms. The Bertz CT molecular complexity index is 546. The number of aromatic carboxylic acids is 1. The monoisotopic (exact) mass is 217 g/mol. The lowest BCUT2D eigenvalue weighted by Crippen LogP contribution is -1.98. The summed E-state index contributed by atoms with van der Waals surface area (Å²) in [6.07, 6.45) is 1.46. The Morgan fingerprint density at radius 3 is 2.62 bits per heavy atom. The fourth-order valence-corrected chi connectivity index (χ4v) is 1.52. The molecule has 0 aromatic carbocycles. The van der Waals surface area contributed by atoms with Crippen LogP contribution in [0.25, 0.3) is 11.4 Å². The van der Waals surface area contributed by atoms with Crippen molar-refractivity contribution in [1.29, 1.82) is 0 Å². The van der Waals surface area contributed by atoms with Crippen LogP contribution in [0.4, 0.5) is 0 Å². The highest BCUT2D eigenvalue weighted by Gasteiger charge is 2.12. The van der Waals surface area contributed by atoms with Crippen LogP contribution in [0.3, 0.4) is 0 Å². The van der Waals surface area contributed by atoms with Crippen molar-refractivity contribution in [3.05, 3.63) is 35.4 Å². The second-order valence-electron chi connectivity index (χ2n) is 3.59. The highest BCUT2D eigenvalue weighted by atomic mass is 16.4. The summed E-state index contributed by atoms with van der Waals surface area (Å²) in [6, 6.07) is 3.57. The van der Waals surface area contributed by atoms with Crippen LogP contribution in [0.1, 0.15) is 21.7 Å². The van der Waals surface area contributed by atoms with Crippen molar-refractivity contribution in [1.82, 2.24) is 15.0 Å². The van der Waals surface area contributed by atoms with Crippen molar-refractivity contribution in [2.45, 2.75) is 13.8 Å². The van der Waals surface area contributed by atoms with Crippen molar-refractivity contribution in [3.8, 4) is 11.4 Å². The van der Waals surface area contributed by atoms with E-state index in [0.29, 0.717) is 17.0 Å². The largest absolute Gasteiger partial charge is 0.477 e. The van der Waals surface area contributed by atoms with Gasteiger partial charge in [0.1, 0.15) is 12.0 Å². The number of rotatable bonds is 2. The Morgan fingerprint density at radius 2 is 2.06 bits per heavy atom. The predicted octanol–water partition coefficient (Wildman–Crippen LogP) is 1.79. The first-order valence-corrected chi connectivity index (χ1v) is 4.80. The summed E-state index contributed by atoms with van der Waals surface area (Å²) in [5.74, 6) is -0.963. The maximum Gasteiger partial charge on any atom is 0.352 e. The number of carbonyl (C=O) groups is 1. The molecule has 5 nitrogen and oxygen atoms in total. The molecule has 2 N–H and O–H groups in total. The second kappa shape index (κ2) is 3.77. The first kappa shape index (κ1) is 10.4. The normalized spacial score (nSPS) is 10.4. The molecule has 2 aromatic rings. The van der Waals surface area contributed by atoms with Gasteiger partial charge >= 0.3 is 5.97 Å². The molecule has 0 unspecified atom stereocenters. The smallest absolute Gasteiger partial charge is 0.352 e. The van der Waals surface area contributed by atoms with Gasteiger partial charge in [-0.2, -0.15) is 0 Å². The number of hydrogen-bond donors (Lipinski definition) is 2. The minimum Gasteiger partial charge on any atom is -0.477 e. The van der Waals surface area contributed by atoms with E-state index in [0.717, 1.165) is 5.69 Å². The van der Waals surface area contributed by atoms with Crippen molar-refractivity contribution < 1.29 is 9.90 Å². The van der Waals surface area contributed by atoms with Gasteiger partial charge < -0.3 is 10.1 Å². The van der Waals surface area contributed by atoms with Crippen molar-refractivity contribution in [2.24, 2.45) is 0 Å². The lowest BCUT2D eigenvalue weighted by Gasteiger charge is -1.97. The molecule has 0 spiro atoms. The van der Waals surface area contributed by atoms with Crippen LogP contribution in [0.5, 0.6) is 0 Å². The molecule has 2 rings (SSSR count). The lowest BCUT2D eigenvalue weighted by molar-refractivity contribution is 0.0690. The molecule has 5 heteroatoms. The summed E-state index contributed by atoms with van der Waals surface area (Å²) < 4.78 is 0. The molecule has 0 aliphatic heterocycles. The van der Waals surface area contributed by atoms with Gasteiger partial charge in [0.2, 0.25) is 0 Å². The Morgan fingerprint density at radius 1 is 1.31 bits per heavy atom. The molecule has 0 fully saturated rings. The van der Waals surface area contributed by atoms with E-state index in [2.05, 4.69) is 15.0 Å². The molecule has 0 aliphatic carbocycles. The maximum absolute atomic E-state index is 10.9. The zero-order valence-corrected chi connectivity index (χ0v) is 8.98. The Kier molecular flexibility index (Phi) is 2.44. The Labute approximate surface area is 92.2 Å². The van der Waals surface area contributed by atoms with E-state index in [9.17, 15) is 4.79 Å². The average molecular weight is 217 g/mol.